The average Bonchev–Trinajstić information content (AvgIpc) is 2.26. The quantitative estimate of drug-likeness (QED) is 0.634. The van der Waals surface area contributed by atoms with Crippen molar-refractivity contribution in [3.63, 3.8) is 0 Å². The molecule has 0 spiro atoms. The first-order valence-electron chi connectivity index (χ1n) is 5.36. The van der Waals surface area contributed by atoms with E-state index in [9.17, 15) is 4.79 Å². The van der Waals surface area contributed by atoms with Gasteiger partial charge in [-0.3, -0.25) is 4.79 Å². The van der Waals surface area contributed by atoms with E-state index < -0.39 is 0 Å². The lowest BCUT2D eigenvalue weighted by Gasteiger charge is -2.25. The summed E-state index contributed by atoms with van der Waals surface area (Å²) >= 11 is 0. The van der Waals surface area contributed by atoms with E-state index in [1.807, 2.05) is 14.1 Å². The summed E-state index contributed by atoms with van der Waals surface area (Å²) in [5, 5.41) is 6.03. The molecule has 2 atom stereocenters. The molecule has 1 heterocycles. The van der Waals surface area contributed by atoms with Crippen molar-refractivity contribution in [1.29, 1.82) is 0 Å². The number of nitrogens with zero attached hydrogens (tertiary/aromatic N) is 1. The van der Waals surface area contributed by atoms with Crippen LogP contribution < -0.4 is 10.6 Å². The highest BCUT2D eigenvalue weighted by Crippen LogP contribution is 1.94. The lowest BCUT2D eigenvalue weighted by atomic mass is 10.2. The molecule has 88 valence electrons. The molecule has 2 N–H and O–H groups in total. The van der Waals surface area contributed by atoms with Crippen LogP contribution in [0.1, 0.15) is 6.92 Å². The van der Waals surface area contributed by atoms with Gasteiger partial charge < -0.3 is 20.3 Å². The zero-order chi connectivity index (χ0) is 11.3. The van der Waals surface area contributed by atoms with Crippen molar-refractivity contribution in [3.05, 3.63) is 0 Å². The fourth-order valence-electron chi connectivity index (χ4n) is 1.29. The first-order valence-corrected chi connectivity index (χ1v) is 5.36. The molecule has 1 fully saturated rings. The van der Waals surface area contributed by atoms with Crippen LogP contribution >= 0.6 is 0 Å². The third-order valence-electron chi connectivity index (χ3n) is 2.69. The second kappa shape index (κ2) is 6.05. The summed E-state index contributed by atoms with van der Waals surface area (Å²) in [6, 6.07) is 0.159. The fourth-order valence-corrected chi connectivity index (χ4v) is 1.29. The average molecular weight is 215 g/mol. The smallest absolute Gasteiger partial charge is 0.239 e. The molecule has 2 unspecified atom stereocenters. The summed E-state index contributed by atoms with van der Waals surface area (Å²) < 4.78 is 5.22. The van der Waals surface area contributed by atoms with Gasteiger partial charge >= 0.3 is 0 Å². The van der Waals surface area contributed by atoms with E-state index in [-0.39, 0.29) is 11.9 Å². The molecular weight excluding hydrogens is 194 g/mol. The molecule has 1 aliphatic heterocycles. The minimum Gasteiger partial charge on any atom is -0.378 e. The number of nitrogens with one attached hydrogen (secondary N) is 2. The Morgan fingerprint density at radius 2 is 2.40 bits per heavy atom. The van der Waals surface area contributed by atoms with Crippen molar-refractivity contribution in [1.82, 2.24) is 15.5 Å². The van der Waals surface area contributed by atoms with Gasteiger partial charge in [0, 0.05) is 19.1 Å². The maximum atomic E-state index is 11.7. The molecule has 0 aliphatic carbocycles. The Hall–Kier alpha value is -0.650. The van der Waals surface area contributed by atoms with Crippen molar-refractivity contribution in [2.75, 3.05) is 40.4 Å². The van der Waals surface area contributed by atoms with Gasteiger partial charge in [-0.15, -0.1) is 0 Å². The Morgan fingerprint density at radius 1 is 1.67 bits per heavy atom. The van der Waals surface area contributed by atoms with Crippen molar-refractivity contribution in [3.8, 4) is 0 Å². The van der Waals surface area contributed by atoms with Gasteiger partial charge in [0.15, 0.2) is 0 Å². The molecule has 1 rings (SSSR count). The lowest BCUT2D eigenvalue weighted by Crippen LogP contribution is -2.52. The molecule has 0 radical (unpaired) electrons. The first-order chi connectivity index (χ1) is 7.11. The summed E-state index contributed by atoms with van der Waals surface area (Å²) in [4.78, 5) is 13.7. The second-order valence-corrected chi connectivity index (χ2v) is 4.14. The number of morpholine rings is 1. The SMILES string of the molecule is CC(CNC(=O)C1COCCN1)N(C)C. The van der Waals surface area contributed by atoms with Crippen LogP contribution in [0, 0.1) is 0 Å². The van der Waals surface area contributed by atoms with Gasteiger partial charge in [0.25, 0.3) is 0 Å². The minimum absolute atomic E-state index is 0.0309. The molecule has 0 aromatic rings. The fraction of sp³-hybridized carbons (Fsp3) is 0.900. The Labute approximate surface area is 91.2 Å². The maximum absolute atomic E-state index is 11.7. The molecule has 5 heteroatoms. The van der Waals surface area contributed by atoms with Crippen molar-refractivity contribution < 1.29 is 9.53 Å². The maximum Gasteiger partial charge on any atom is 0.239 e. The third kappa shape index (κ3) is 4.15. The molecule has 1 amide bonds. The number of likely N-dealkylation sites (N-methyl/N-ethyl adjacent to an activating group) is 1. The van der Waals surface area contributed by atoms with Crippen molar-refractivity contribution in [2.24, 2.45) is 0 Å². The highest BCUT2D eigenvalue weighted by Gasteiger charge is 2.21. The Kier molecular flexibility index (Phi) is 5.01. The largest absolute Gasteiger partial charge is 0.378 e. The first kappa shape index (κ1) is 12.4. The van der Waals surface area contributed by atoms with E-state index >= 15 is 0 Å². The van der Waals surface area contributed by atoms with Gasteiger partial charge in [0.05, 0.1) is 13.2 Å². The number of carbonyl (C=O) groups is 1. The zero-order valence-corrected chi connectivity index (χ0v) is 9.75. The van der Waals surface area contributed by atoms with E-state index in [1.54, 1.807) is 0 Å². The van der Waals surface area contributed by atoms with E-state index in [4.69, 9.17) is 4.74 Å². The standard InChI is InChI=1S/C10H21N3O2/c1-8(13(2)3)6-12-10(14)9-7-15-5-4-11-9/h8-9,11H,4-7H2,1-3H3,(H,12,14). The van der Waals surface area contributed by atoms with Gasteiger partial charge in [-0.05, 0) is 21.0 Å². The number of ether oxygens (including phenoxy) is 1. The highest BCUT2D eigenvalue weighted by atomic mass is 16.5. The van der Waals surface area contributed by atoms with Crippen LogP contribution in [-0.2, 0) is 9.53 Å². The highest BCUT2D eigenvalue weighted by molar-refractivity contribution is 5.82. The lowest BCUT2D eigenvalue weighted by molar-refractivity contribution is -0.126. The van der Waals surface area contributed by atoms with Crippen LogP contribution in [0.4, 0.5) is 0 Å². The zero-order valence-electron chi connectivity index (χ0n) is 9.75. The molecule has 5 nitrogen and oxygen atoms in total. The number of amides is 1. The number of rotatable bonds is 4. The summed E-state index contributed by atoms with van der Waals surface area (Å²) in [7, 11) is 4.00. The number of carbonyl (C=O) groups excluding carboxylic acids is 1. The molecule has 15 heavy (non-hydrogen) atoms. The molecule has 1 saturated heterocycles. The summed E-state index contributed by atoms with van der Waals surface area (Å²) in [5.74, 6) is 0.0309. The third-order valence-corrected chi connectivity index (χ3v) is 2.69. The molecule has 0 aromatic heterocycles. The van der Waals surface area contributed by atoms with Crippen molar-refractivity contribution in [2.45, 2.75) is 19.0 Å². The van der Waals surface area contributed by atoms with Crippen LogP contribution in [0.2, 0.25) is 0 Å². The molecule has 1 aliphatic rings. The summed E-state index contributed by atoms with van der Waals surface area (Å²) in [6.45, 7) is 4.66. The molecule has 0 bridgehead atoms. The molecule has 0 saturated carbocycles. The van der Waals surface area contributed by atoms with Crippen LogP contribution in [0.25, 0.3) is 0 Å². The predicted molar refractivity (Wildman–Crippen MR) is 58.8 cm³/mol. The van der Waals surface area contributed by atoms with Gasteiger partial charge in [0.2, 0.25) is 5.91 Å². The predicted octanol–water partition coefficient (Wildman–Crippen LogP) is -0.959. The topological polar surface area (TPSA) is 53.6 Å². The normalized spacial score (nSPS) is 23.9. The Bertz CT molecular complexity index is 203. The van der Waals surface area contributed by atoms with Gasteiger partial charge in [0.1, 0.15) is 6.04 Å². The second-order valence-electron chi connectivity index (χ2n) is 4.14. The monoisotopic (exact) mass is 215 g/mol. The Morgan fingerprint density at radius 3 is 2.93 bits per heavy atom. The summed E-state index contributed by atoms with van der Waals surface area (Å²) in [6.07, 6.45) is 0. The minimum atomic E-state index is -0.187. The van der Waals surface area contributed by atoms with Crippen LogP contribution in [-0.4, -0.2) is 63.3 Å². The number of hydrogen-bond acceptors (Lipinski definition) is 4. The molecule has 0 aromatic carbocycles. The van der Waals surface area contributed by atoms with E-state index in [2.05, 4.69) is 22.5 Å². The number of hydrogen-bond donors (Lipinski definition) is 2. The van der Waals surface area contributed by atoms with Crippen LogP contribution in [0.5, 0.6) is 0 Å². The van der Waals surface area contributed by atoms with Gasteiger partial charge in [-0.1, -0.05) is 0 Å². The van der Waals surface area contributed by atoms with Gasteiger partial charge in [-0.25, -0.2) is 0 Å². The van der Waals surface area contributed by atoms with E-state index in [0.717, 1.165) is 6.54 Å². The van der Waals surface area contributed by atoms with Crippen LogP contribution in [0.3, 0.4) is 0 Å². The van der Waals surface area contributed by atoms with E-state index in [0.29, 0.717) is 25.8 Å². The summed E-state index contributed by atoms with van der Waals surface area (Å²) in [5.41, 5.74) is 0. The van der Waals surface area contributed by atoms with Crippen LogP contribution in [0.15, 0.2) is 0 Å². The van der Waals surface area contributed by atoms with Crippen molar-refractivity contribution >= 4 is 5.91 Å². The van der Waals surface area contributed by atoms with E-state index in [1.165, 1.54) is 0 Å². The van der Waals surface area contributed by atoms with Gasteiger partial charge in [-0.2, -0.15) is 0 Å². The molecular formula is C10H21N3O2. The Balaban J connectivity index is 2.22.